The Morgan fingerprint density at radius 1 is 1.69 bits per heavy atom. The van der Waals surface area contributed by atoms with Gasteiger partial charge in [-0.1, -0.05) is 6.92 Å². The molecule has 1 heterocycles. The standard InChI is InChI=1S/C10H18N6/c1-3-8-9(6-16(2)15-8)13-10(14-11)12-7-4-5-7/h6-7H,3-5,11H2,1-2H3,(H2,12,13,14). The Bertz CT molecular complexity index is 390. The lowest BCUT2D eigenvalue weighted by atomic mass is 10.3. The van der Waals surface area contributed by atoms with Crippen molar-refractivity contribution in [3.63, 3.8) is 0 Å². The summed E-state index contributed by atoms with van der Waals surface area (Å²) in [5.74, 6) is 6.04. The smallest absolute Gasteiger partial charge is 0.210 e. The summed E-state index contributed by atoms with van der Waals surface area (Å²) in [5, 5.41) is 7.51. The summed E-state index contributed by atoms with van der Waals surface area (Å²) in [7, 11) is 1.90. The summed E-state index contributed by atoms with van der Waals surface area (Å²) >= 11 is 0. The van der Waals surface area contributed by atoms with Gasteiger partial charge in [0.2, 0.25) is 5.96 Å². The van der Waals surface area contributed by atoms with E-state index in [1.165, 1.54) is 0 Å². The van der Waals surface area contributed by atoms with Gasteiger partial charge < -0.3 is 5.32 Å². The van der Waals surface area contributed by atoms with Crippen LogP contribution in [-0.4, -0.2) is 21.8 Å². The van der Waals surface area contributed by atoms with Crippen LogP contribution in [0.3, 0.4) is 0 Å². The molecule has 1 aliphatic rings. The van der Waals surface area contributed by atoms with Gasteiger partial charge in [-0.15, -0.1) is 0 Å². The minimum Gasteiger partial charge on any atom is -0.322 e. The molecule has 2 rings (SSSR count). The predicted molar refractivity (Wildman–Crippen MR) is 64.0 cm³/mol. The Kier molecular flexibility index (Phi) is 3.09. The molecule has 6 nitrogen and oxygen atoms in total. The van der Waals surface area contributed by atoms with Gasteiger partial charge in [-0.05, 0) is 19.3 Å². The number of hydrazine groups is 1. The van der Waals surface area contributed by atoms with Crippen molar-refractivity contribution in [3.05, 3.63) is 11.9 Å². The summed E-state index contributed by atoms with van der Waals surface area (Å²) in [5.41, 5.74) is 4.56. The Labute approximate surface area is 94.9 Å². The first-order chi connectivity index (χ1) is 7.72. The van der Waals surface area contributed by atoms with Crippen LogP contribution in [0.25, 0.3) is 0 Å². The van der Waals surface area contributed by atoms with Gasteiger partial charge in [0.25, 0.3) is 0 Å². The minimum atomic E-state index is 0.431. The Balaban J connectivity index is 2.11. The number of rotatable bonds is 3. The van der Waals surface area contributed by atoms with E-state index in [0.717, 1.165) is 30.6 Å². The van der Waals surface area contributed by atoms with Crippen LogP contribution in [0.5, 0.6) is 0 Å². The number of nitrogens with zero attached hydrogens (tertiary/aromatic N) is 3. The second kappa shape index (κ2) is 4.52. The maximum absolute atomic E-state index is 5.42. The maximum Gasteiger partial charge on any atom is 0.210 e. The van der Waals surface area contributed by atoms with Crippen LogP contribution in [-0.2, 0) is 13.5 Å². The SMILES string of the molecule is CCc1nn(C)cc1NC(=NC1CC1)NN. The van der Waals surface area contributed by atoms with E-state index in [1.54, 1.807) is 4.68 Å². The molecule has 16 heavy (non-hydrogen) atoms. The molecule has 1 aliphatic carbocycles. The lowest BCUT2D eigenvalue weighted by Crippen LogP contribution is -2.36. The fraction of sp³-hybridized carbons (Fsp3) is 0.600. The highest BCUT2D eigenvalue weighted by Crippen LogP contribution is 2.23. The molecule has 0 saturated heterocycles. The molecule has 1 aromatic heterocycles. The molecule has 0 atom stereocenters. The van der Waals surface area contributed by atoms with Crippen LogP contribution < -0.4 is 16.6 Å². The first-order valence-corrected chi connectivity index (χ1v) is 5.57. The van der Waals surface area contributed by atoms with E-state index >= 15 is 0 Å². The third-order valence-corrected chi connectivity index (χ3v) is 2.49. The monoisotopic (exact) mass is 222 g/mol. The fourth-order valence-corrected chi connectivity index (χ4v) is 1.52. The van der Waals surface area contributed by atoms with Crippen LogP contribution in [0, 0.1) is 0 Å². The lowest BCUT2D eigenvalue weighted by molar-refractivity contribution is 0.746. The molecule has 4 N–H and O–H groups in total. The van der Waals surface area contributed by atoms with E-state index in [2.05, 4.69) is 27.8 Å². The van der Waals surface area contributed by atoms with Crippen LogP contribution in [0.15, 0.2) is 11.2 Å². The van der Waals surface area contributed by atoms with Gasteiger partial charge in [0, 0.05) is 13.2 Å². The number of anilines is 1. The summed E-state index contributed by atoms with van der Waals surface area (Å²) in [6, 6.07) is 0.431. The zero-order valence-electron chi connectivity index (χ0n) is 9.70. The zero-order chi connectivity index (χ0) is 11.5. The second-order valence-electron chi connectivity index (χ2n) is 3.99. The average molecular weight is 222 g/mol. The minimum absolute atomic E-state index is 0.431. The zero-order valence-corrected chi connectivity index (χ0v) is 9.70. The van der Waals surface area contributed by atoms with Gasteiger partial charge in [-0.3, -0.25) is 10.1 Å². The van der Waals surface area contributed by atoms with Gasteiger partial charge in [0.1, 0.15) is 0 Å². The molecule has 0 aliphatic heterocycles. The molecule has 0 radical (unpaired) electrons. The molecular weight excluding hydrogens is 204 g/mol. The molecule has 88 valence electrons. The molecule has 0 unspecified atom stereocenters. The van der Waals surface area contributed by atoms with Gasteiger partial charge in [-0.2, -0.15) is 5.10 Å². The van der Waals surface area contributed by atoms with Crippen molar-refractivity contribution in [2.75, 3.05) is 5.32 Å². The number of nitrogens with one attached hydrogen (secondary N) is 2. The van der Waals surface area contributed by atoms with E-state index in [4.69, 9.17) is 5.84 Å². The maximum atomic E-state index is 5.42. The number of hydrogen-bond acceptors (Lipinski definition) is 3. The van der Waals surface area contributed by atoms with Crippen LogP contribution >= 0.6 is 0 Å². The third-order valence-electron chi connectivity index (χ3n) is 2.49. The highest BCUT2D eigenvalue weighted by Gasteiger charge is 2.21. The first kappa shape index (κ1) is 10.9. The van der Waals surface area contributed by atoms with Crippen molar-refractivity contribution in [1.29, 1.82) is 0 Å². The lowest BCUT2D eigenvalue weighted by Gasteiger charge is -2.07. The number of aromatic nitrogens is 2. The molecule has 0 bridgehead atoms. The first-order valence-electron chi connectivity index (χ1n) is 5.57. The van der Waals surface area contributed by atoms with Crippen molar-refractivity contribution < 1.29 is 0 Å². The Hall–Kier alpha value is -1.56. The van der Waals surface area contributed by atoms with Crippen molar-refractivity contribution in [2.45, 2.75) is 32.2 Å². The quantitative estimate of drug-likeness (QED) is 0.299. The van der Waals surface area contributed by atoms with Crippen molar-refractivity contribution in [2.24, 2.45) is 17.9 Å². The van der Waals surface area contributed by atoms with E-state index in [0.29, 0.717) is 12.0 Å². The highest BCUT2D eigenvalue weighted by molar-refractivity contribution is 5.93. The number of nitrogens with two attached hydrogens (primary N) is 1. The number of aryl methyl sites for hydroxylation is 2. The molecule has 6 heteroatoms. The highest BCUT2D eigenvalue weighted by atomic mass is 15.4. The van der Waals surface area contributed by atoms with E-state index in [-0.39, 0.29) is 0 Å². The van der Waals surface area contributed by atoms with Crippen molar-refractivity contribution in [3.8, 4) is 0 Å². The van der Waals surface area contributed by atoms with Gasteiger partial charge in [0.15, 0.2) is 0 Å². The average Bonchev–Trinajstić information content (AvgIpc) is 3.01. The van der Waals surface area contributed by atoms with Crippen molar-refractivity contribution >= 4 is 11.6 Å². The predicted octanol–water partition coefficient (Wildman–Crippen LogP) is 0.376. The number of aliphatic imine (C=N–C) groups is 1. The fourth-order valence-electron chi connectivity index (χ4n) is 1.52. The largest absolute Gasteiger partial charge is 0.322 e. The molecule has 0 spiro atoms. The van der Waals surface area contributed by atoms with E-state index in [1.807, 2.05) is 13.2 Å². The van der Waals surface area contributed by atoms with Crippen LogP contribution in [0.4, 0.5) is 5.69 Å². The van der Waals surface area contributed by atoms with E-state index < -0.39 is 0 Å². The van der Waals surface area contributed by atoms with Crippen LogP contribution in [0.1, 0.15) is 25.5 Å². The van der Waals surface area contributed by atoms with Crippen molar-refractivity contribution in [1.82, 2.24) is 15.2 Å². The molecule has 1 fully saturated rings. The topological polar surface area (TPSA) is 80.3 Å². The molecule has 0 aromatic carbocycles. The number of guanidine groups is 1. The summed E-state index contributed by atoms with van der Waals surface area (Å²) in [6.45, 7) is 2.07. The van der Waals surface area contributed by atoms with Gasteiger partial charge in [-0.25, -0.2) is 10.8 Å². The van der Waals surface area contributed by atoms with Gasteiger partial charge >= 0.3 is 0 Å². The Morgan fingerprint density at radius 2 is 2.44 bits per heavy atom. The summed E-state index contributed by atoms with van der Waals surface area (Å²) in [4.78, 5) is 4.42. The Morgan fingerprint density at radius 3 is 3.00 bits per heavy atom. The molecule has 0 amide bonds. The molecule has 1 aromatic rings. The number of hydrogen-bond donors (Lipinski definition) is 3. The summed E-state index contributed by atoms with van der Waals surface area (Å²) in [6.07, 6.45) is 5.12. The summed E-state index contributed by atoms with van der Waals surface area (Å²) < 4.78 is 1.78. The van der Waals surface area contributed by atoms with Crippen LogP contribution in [0.2, 0.25) is 0 Å². The van der Waals surface area contributed by atoms with E-state index in [9.17, 15) is 0 Å². The molecule has 1 saturated carbocycles. The second-order valence-corrected chi connectivity index (χ2v) is 3.99. The molecular formula is C10H18N6. The normalized spacial score (nSPS) is 16.3. The third kappa shape index (κ3) is 2.52. The van der Waals surface area contributed by atoms with Gasteiger partial charge in [0.05, 0.1) is 17.4 Å².